The van der Waals surface area contributed by atoms with Crippen LogP contribution in [0.25, 0.3) is 0 Å². The number of alkyl carbamates (subject to hydrolysis) is 1. The van der Waals surface area contributed by atoms with Gasteiger partial charge in [-0.1, -0.05) is 25.0 Å². The minimum atomic E-state index is -3.53. The topological polar surface area (TPSA) is 106 Å². The van der Waals surface area contributed by atoms with Crippen molar-refractivity contribution in [3.05, 3.63) is 59.9 Å². The van der Waals surface area contributed by atoms with Gasteiger partial charge < -0.3 is 34.6 Å². The number of nitrogens with one attached hydrogen (secondary N) is 1. The molecular formula is C45H65FN6O5S2. The monoisotopic (exact) mass is 852 g/mol. The van der Waals surface area contributed by atoms with Crippen LogP contribution in [0, 0.1) is 23.6 Å². The van der Waals surface area contributed by atoms with Crippen LogP contribution in [0.5, 0.6) is 0 Å². The lowest BCUT2D eigenvalue weighted by Crippen LogP contribution is -2.60. The van der Waals surface area contributed by atoms with Gasteiger partial charge in [-0.25, -0.2) is 17.6 Å². The molecule has 6 fully saturated rings. The Hall–Kier alpha value is -2.91. The molecule has 59 heavy (non-hydrogen) atoms. The number of methoxy groups -OCH3 is 1. The molecule has 0 radical (unpaired) electrons. The second-order valence-electron chi connectivity index (χ2n) is 18.5. The lowest BCUT2D eigenvalue weighted by molar-refractivity contribution is -0.134. The molecule has 5 aliphatic heterocycles. The summed E-state index contributed by atoms with van der Waals surface area (Å²) >= 11 is 4.68. The van der Waals surface area contributed by atoms with Crippen LogP contribution >= 0.6 is 12.6 Å². The van der Waals surface area contributed by atoms with Gasteiger partial charge in [-0.3, -0.25) is 4.79 Å². The number of benzene rings is 2. The molecule has 0 unspecified atom stereocenters. The molecule has 0 bridgehead atoms. The molecule has 6 aliphatic rings. The van der Waals surface area contributed by atoms with Gasteiger partial charge in [-0.2, -0.15) is 12.6 Å². The molecule has 0 aromatic heterocycles. The Balaban J connectivity index is 0.832. The van der Waals surface area contributed by atoms with Gasteiger partial charge in [-0.15, -0.1) is 0 Å². The first kappa shape index (κ1) is 42.8. The van der Waals surface area contributed by atoms with Gasteiger partial charge in [0.15, 0.2) is 9.84 Å². The molecular weight excluding hydrogens is 788 g/mol. The van der Waals surface area contributed by atoms with E-state index in [1.807, 2.05) is 18.2 Å². The number of carbonyl (C=O) groups is 2. The van der Waals surface area contributed by atoms with Gasteiger partial charge in [0.1, 0.15) is 11.1 Å². The van der Waals surface area contributed by atoms with Crippen molar-refractivity contribution in [1.29, 1.82) is 0 Å². The Labute approximate surface area is 356 Å². The fraction of sp³-hybridized carbons (Fsp3) is 0.689. The number of ether oxygens (including phenoxy) is 1. The van der Waals surface area contributed by atoms with E-state index in [1.54, 1.807) is 29.2 Å². The molecule has 5 saturated heterocycles. The minimum Gasteiger partial charge on any atom is -0.453 e. The Kier molecular flexibility index (Phi) is 13.5. The molecule has 2 aromatic carbocycles. The third-order valence-corrected chi connectivity index (χ3v) is 17.2. The number of thiol groups is 1. The van der Waals surface area contributed by atoms with Crippen molar-refractivity contribution in [3.8, 4) is 0 Å². The van der Waals surface area contributed by atoms with Gasteiger partial charge >= 0.3 is 6.09 Å². The molecule has 8 rings (SSSR count). The zero-order valence-corrected chi connectivity index (χ0v) is 36.6. The number of hydrogen-bond acceptors (Lipinski definition) is 10. The number of anilines is 1. The van der Waals surface area contributed by atoms with E-state index in [0.717, 1.165) is 115 Å². The number of sulfone groups is 1. The van der Waals surface area contributed by atoms with Crippen molar-refractivity contribution in [1.82, 2.24) is 24.9 Å². The summed E-state index contributed by atoms with van der Waals surface area (Å²) < 4.78 is 47.1. The first-order valence-corrected chi connectivity index (χ1v) is 24.4. The molecule has 1 aliphatic carbocycles. The second kappa shape index (κ2) is 18.6. The highest BCUT2D eigenvalue weighted by atomic mass is 32.2. The highest BCUT2D eigenvalue weighted by Crippen LogP contribution is 2.51. The maximum atomic E-state index is 15.0. The fourth-order valence-corrected chi connectivity index (χ4v) is 13.4. The summed E-state index contributed by atoms with van der Waals surface area (Å²) in [5.74, 6) is 0.875. The van der Waals surface area contributed by atoms with Gasteiger partial charge in [-0.05, 0) is 138 Å². The number of carbonyl (C=O) groups excluding carboxylic acids is 2. The summed E-state index contributed by atoms with van der Waals surface area (Å²) in [7, 11) is -2.11. The molecule has 11 nitrogen and oxygen atoms in total. The van der Waals surface area contributed by atoms with Crippen molar-refractivity contribution in [2.45, 2.75) is 91.1 Å². The van der Waals surface area contributed by atoms with Crippen LogP contribution in [-0.2, 0) is 24.8 Å². The zero-order valence-electron chi connectivity index (χ0n) is 34.9. The quantitative estimate of drug-likeness (QED) is 0.231. The van der Waals surface area contributed by atoms with Gasteiger partial charge in [0.2, 0.25) is 5.91 Å². The maximum Gasteiger partial charge on any atom is 0.407 e. The van der Waals surface area contributed by atoms with Gasteiger partial charge in [0.25, 0.3) is 0 Å². The molecule has 1 N–H and O–H groups in total. The normalized spacial score (nSPS) is 25.7. The molecule has 14 heteroatoms. The van der Waals surface area contributed by atoms with Crippen molar-refractivity contribution in [3.63, 3.8) is 0 Å². The van der Waals surface area contributed by atoms with Crippen LogP contribution in [-0.4, -0.2) is 149 Å². The molecule has 324 valence electrons. The van der Waals surface area contributed by atoms with E-state index in [9.17, 15) is 18.0 Å². The van der Waals surface area contributed by atoms with Crippen LogP contribution in [0.4, 0.5) is 14.9 Å². The number of likely N-dealkylation sites (tertiary alicyclic amines) is 4. The average molecular weight is 853 g/mol. The van der Waals surface area contributed by atoms with Crippen molar-refractivity contribution < 1.29 is 27.1 Å². The summed E-state index contributed by atoms with van der Waals surface area (Å²) in [4.78, 5) is 37.3. The molecule has 1 saturated carbocycles. The first-order valence-electron chi connectivity index (χ1n) is 22.3. The number of rotatable bonds is 15. The van der Waals surface area contributed by atoms with E-state index in [0.29, 0.717) is 23.2 Å². The lowest BCUT2D eigenvalue weighted by Gasteiger charge is -2.54. The highest BCUT2D eigenvalue weighted by Gasteiger charge is 2.53. The van der Waals surface area contributed by atoms with Crippen LogP contribution in [0.1, 0.15) is 69.8 Å². The molecule has 4 atom stereocenters. The summed E-state index contributed by atoms with van der Waals surface area (Å²) in [5, 5.41) is 2.58. The SMILES string of the molecule is COC(=O)N[C@H]1CCC[C@@H]1[C@](CN1CCC1)(c1cccc(F)c1)C1CCN(CC2CN(c3ccc(S(=O)(=O)C4CN(C(=O)C[C@H](S)CN5CCCCC5)C4)cc3)C2)CC1. The van der Waals surface area contributed by atoms with Gasteiger partial charge in [0, 0.05) is 80.5 Å². The Morgan fingerprint density at radius 2 is 1.58 bits per heavy atom. The van der Waals surface area contributed by atoms with Crippen molar-refractivity contribution in [2.75, 3.05) is 97.1 Å². The average Bonchev–Trinajstić information content (AvgIpc) is 3.64. The highest BCUT2D eigenvalue weighted by molar-refractivity contribution is 7.92. The predicted molar refractivity (Wildman–Crippen MR) is 232 cm³/mol. The van der Waals surface area contributed by atoms with Gasteiger partial charge in [0.05, 0.1) is 12.0 Å². The number of piperidine rings is 2. The van der Waals surface area contributed by atoms with E-state index in [4.69, 9.17) is 4.74 Å². The molecule has 5 heterocycles. The number of hydrogen-bond donors (Lipinski definition) is 2. The number of nitrogens with zero attached hydrogens (tertiary/aromatic N) is 5. The van der Waals surface area contributed by atoms with E-state index < -0.39 is 15.1 Å². The maximum absolute atomic E-state index is 15.0. The fourth-order valence-electron chi connectivity index (χ4n) is 11.3. The predicted octanol–water partition coefficient (Wildman–Crippen LogP) is 5.30. The Morgan fingerprint density at radius 1 is 0.864 bits per heavy atom. The molecule has 0 spiro atoms. The Bertz CT molecular complexity index is 1860. The van der Waals surface area contributed by atoms with Crippen LogP contribution in [0.3, 0.4) is 0 Å². The second-order valence-corrected chi connectivity index (χ2v) is 21.4. The van der Waals surface area contributed by atoms with E-state index in [1.165, 1.54) is 32.8 Å². The van der Waals surface area contributed by atoms with Crippen LogP contribution in [0.2, 0.25) is 0 Å². The molecule has 2 aromatic rings. The summed E-state index contributed by atoms with van der Waals surface area (Å²) in [5.41, 5.74) is 1.84. The van der Waals surface area contributed by atoms with E-state index >= 15 is 4.39 Å². The van der Waals surface area contributed by atoms with Crippen molar-refractivity contribution in [2.24, 2.45) is 17.8 Å². The summed E-state index contributed by atoms with van der Waals surface area (Å²) in [6.07, 6.45) is 9.80. The molecule has 2 amide bonds. The van der Waals surface area contributed by atoms with Crippen LogP contribution in [0.15, 0.2) is 53.4 Å². The Morgan fingerprint density at radius 3 is 2.24 bits per heavy atom. The van der Waals surface area contributed by atoms with Crippen LogP contribution < -0.4 is 10.2 Å². The number of halogens is 1. The third-order valence-electron chi connectivity index (χ3n) is 14.7. The largest absolute Gasteiger partial charge is 0.453 e. The van der Waals surface area contributed by atoms with E-state index in [2.05, 4.69) is 43.6 Å². The smallest absolute Gasteiger partial charge is 0.407 e. The first-order chi connectivity index (χ1) is 28.5. The standard InChI is InChI=1S/C45H65FN6O5S2/c1-57-44(54)47-42-11-6-10-41(42)45(32-50-20-7-21-50,35-8-5-9-36(46)24-35)34-16-22-49(23-17-34)26-33-27-51(28-33)37-12-14-39(15-13-37)59(55,56)40-30-52(31-40)43(53)25-38(58)29-48-18-3-2-4-19-48/h5,8-9,12-15,24,33-34,38,40-42,58H,2-4,6-7,10-11,16-23,25-32H2,1H3,(H,47,54)/t38-,41-,42-,45-/m0/s1. The van der Waals surface area contributed by atoms with E-state index in [-0.39, 0.29) is 53.5 Å². The summed E-state index contributed by atoms with van der Waals surface area (Å²) in [6, 6.07) is 14.6. The van der Waals surface area contributed by atoms with Crippen molar-refractivity contribution >= 4 is 40.2 Å². The number of amides is 2. The minimum absolute atomic E-state index is 0.00753. The zero-order chi connectivity index (χ0) is 41.1. The third kappa shape index (κ3) is 9.46. The lowest BCUT2D eigenvalue weighted by atomic mass is 9.57. The summed E-state index contributed by atoms with van der Waals surface area (Å²) in [6.45, 7) is 11.3.